The first kappa shape index (κ1) is 22.7. The quantitative estimate of drug-likeness (QED) is 0.224. The van der Waals surface area contributed by atoms with Crippen LogP contribution >= 0.6 is 0 Å². The van der Waals surface area contributed by atoms with E-state index in [0.717, 1.165) is 16.7 Å². The molecule has 0 atom stereocenters. The van der Waals surface area contributed by atoms with Crippen LogP contribution in [0.3, 0.4) is 0 Å². The molecule has 0 aliphatic carbocycles. The number of ether oxygens (including phenoxy) is 6. The highest BCUT2D eigenvalue weighted by atomic mass is 16.7. The molecule has 8 nitrogen and oxygen atoms in total. The van der Waals surface area contributed by atoms with E-state index in [4.69, 9.17) is 28.4 Å². The molecular formula is C19H29NO7. The predicted molar refractivity (Wildman–Crippen MR) is 102 cm³/mol. The SMILES string of the molecule is COCCOCOc1c(C)c(C/C(C)=C/CN=O)c(OC)c(OC)c1OC. The number of methoxy groups -OCH3 is 4. The van der Waals surface area contributed by atoms with Crippen LogP contribution in [-0.2, 0) is 15.9 Å². The van der Waals surface area contributed by atoms with Gasteiger partial charge in [-0.15, -0.1) is 0 Å². The average Bonchev–Trinajstić information content (AvgIpc) is 2.68. The first-order valence-corrected chi connectivity index (χ1v) is 8.51. The largest absolute Gasteiger partial charge is 0.492 e. The van der Waals surface area contributed by atoms with Crippen LogP contribution in [0.4, 0.5) is 0 Å². The number of nitroso groups, excluding NO2 is 1. The van der Waals surface area contributed by atoms with E-state index in [1.54, 1.807) is 20.3 Å². The zero-order valence-corrected chi connectivity index (χ0v) is 16.9. The molecule has 1 rings (SSSR count). The van der Waals surface area contributed by atoms with E-state index >= 15 is 0 Å². The highest BCUT2D eigenvalue weighted by molar-refractivity contribution is 5.67. The van der Waals surface area contributed by atoms with Crippen LogP contribution in [0.1, 0.15) is 18.1 Å². The first-order chi connectivity index (χ1) is 13.0. The van der Waals surface area contributed by atoms with Crippen LogP contribution in [0.5, 0.6) is 23.0 Å². The van der Waals surface area contributed by atoms with Gasteiger partial charge in [0.05, 0.1) is 41.1 Å². The second-order valence-electron chi connectivity index (χ2n) is 5.73. The molecule has 1 aromatic carbocycles. The Bertz CT molecular complexity index is 644. The number of nitrogens with zero attached hydrogens (tertiary/aromatic N) is 1. The third-order valence-corrected chi connectivity index (χ3v) is 3.99. The van der Waals surface area contributed by atoms with E-state index in [0.29, 0.717) is 42.6 Å². The Morgan fingerprint density at radius 2 is 1.59 bits per heavy atom. The molecule has 0 spiro atoms. The summed E-state index contributed by atoms with van der Waals surface area (Å²) in [5.74, 6) is 1.95. The zero-order valence-electron chi connectivity index (χ0n) is 16.9. The normalized spacial score (nSPS) is 11.3. The van der Waals surface area contributed by atoms with E-state index in [1.807, 2.05) is 13.8 Å². The fraction of sp³-hybridized carbons (Fsp3) is 0.579. The Morgan fingerprint density at radius 3 is 2.15 bits per heavy atom. The van der Waals surface area contributed by atoms with Crippen LogP contribution in [-0.4, -0.2) is 55.0 Å². The molecule has 8 heteroatoms. The number of rotatable bonds is 13. The third kappa shape index (κ3) is 6.11. The van der Waals surface area contributed by atoms with Crippen LogP contribution in [0, 0.1) is 11.8 Å². The molecule has 0 heterocycles. The van der Waals surface area contributed by atoms with Crippen molar-refractivity contribution in [2.75, 3.05) is 55.0 Å². The van der Waals surface area contributed by atoms with E-state index in [9.17, 15) is 4.91 Å². The van der Waals surface area contributed by atoms with Gasteiger partial charge in [-0.1, -0.05) is 16.8 Å². The third-order valence-electron chi connectivity index (χ3n) is 3.99. The number of benzene rings is 1. The molecule has 0 bridgehead atoms. The molecule has 0 fully saturated rings. The molecule has 0 unspecified atom stereocenters. The van der Waals surface area contributed by atoms with Crippen LogP contribution < -0.4 is 18.9 Å². The van der Waals surface area contributed by atoms with E-state index in [-0.39, 0.29) is 13.3 Å². The van der Waals surface area contributed by atoms with E-state index in [2.05, 4.69) is 5.18 Å². The van der Waals surface area contributed by atoms with E-state index < -0.39 is 0 Å². The van der Waals surface area contributed by atoms with Crippen LogP contribution in [0.25, 0.3) is 0 Å². The summed E-state index contributed by atoms with van der Waals surface area (Å²) < 4.78 is 32.8. The Kier molecular flexibility index (Phi) is 10.2. The summed E-state index contributed by atoms with van der Waals surface area (Å²) in [5, 5.41) is 2.87. The Labute approximate surface area is 160 Å². The first-order valence-electron chi connectivity index (χ1n) is 8.51. The van der Waals surface area contributed by atoms with Gasteiger partial charge in [-0.3, -0.25) is 0 Å². The second-order valence-corrected chi connectivity index (χ2v) is 5.73. The molecule has 0 saturated carbocycles. The molecule has 1 aromatic rings. The fourth-order valence-electron chi connectivity index (χ4n) is 2.64. The summed E-state index contributed by atoms with van der Waals surface area (Å²) in [6.45, 7) is 4.89. The maximum atomic E-state index is 10.4. The minimum atomic E-state index is 0.0410. The standard InChI is InChI=1S/C19H29NO7/c1-13(7-8-20-21)11-15-14(2)16(27-12-26-10-9-22-3)18(24-5)19(25-6)17(15)23-4/h7H,8-12H2,1-6H3/b13-7+. The fourth-order valence-corrected chi connectivity index (χ4v) is 2.64. The summed E-state index contributed by atoms with van der Waals surface area (Å²) in [6, 6.07) is 0. The Morgan fingerprint density at radius 1 is 0.963 bits per heavy atom. The van der Waals surface area contributed by atoms with Crippen molar-refractivity contribution in [2.45, 2.75) is 20.3 Å². The molecule has 0 aromatic heterocycles. The minimum absolute atomic E-state index is 0.0410. The van der Waals surface area contributed by atoms with Crippen molar-refractivity contribution in [3.8, 4) is 23.0 Å². The van der Waals surface area contributed by atoms with Crippen molar-refractivity contribution < 1.29 is 28.4 Å². The van der Waals surface area contributed by atoms with Crippen molar-refractivity contribution in [1.82, 2.24) is 0 Å². The lowest BCUT2D eigenvalue weighted by molar-refractivity contribution is -0.00994. The van der Waals surface area contributed by atoms with Gasteiger partial charge in [0.1, 0.15) is 0 Å². The summed E-state index contributed by atoms with van der Waals surface area (Å²) >= 11 is 0. The average molecular weight is 383 g/mol. The van der Waals surface area contributed by atoms with Gasteiger partial charge in [-0.25, -0.2) is 0 Å². The van der Waals surface area contributed by atoms with Gasteiger partial charge in [0.25, 0.3) is 0 Å². The van der Waals surface area contributed by atoms with Crippen molar-refractivity contribution >= 4 is 0 Å². The van der Waals surface area contributed by atoms with Gasteiger partial charge in [0.2, 0.25) is 11.5 Å². The smallest absolute Gasteiger partial charge is 0.207 e. The Balaban J connectivity index is 3.30. The summed E-state index contributed by atoms with van der Waals surface area (Å²) in [5.41, 5.74) is 2.69. The zero-order chi connectivity index (χ0) is 20.2. The molecule has 0 amide bonds. The number of allylic oxidation sites excluding steroid dienone is 1. The van der Waals surface area contributed by atoms with Crippen LogP contribution in [0.15, 0.2) is 16.8 Å². The van der Waals surface area contributed by atoms with Crippen molar-refractivity contribution in [2.24, 2.45) is 5.18 Å². The molecule has 0 N–H and O–H groups in total. The second kappa shape index (κ2) is 12.1. The lowest BCUT2D eigenvalue weighted by atomic mass is 9.97. The van der Waals surface area contributed by atoms with Crippen molar-refractivity contribution in [1.29, 1.82) is 0 Å². The highest BCUT2D eigenvalue weighted by Gasteiger charge is 2.25. The maximum Gasteiger partial charge on any atom is 0.207 e. The molecule has 27 heavy (non-hydrogen) atoms. The van der Waals surface area contributed by atoms with Gasteiger partial charge >= 0.3 is 0 Å². The van der Waals surface area contributed by atoms with Gasteiger partial charge in [0.15, 0.2) is 18.3 Å². The van der Waals surface area contributed by atoms with Gasteiger partial charge in [-0.05, 0) is 20.3 Å². The van der Waals surface area contributed by atoms with Gasteiger partial charge in [-0.2, -0.15) is 4.91 Å². The lowest BCUT2D eigenvalue weighted by Crippen LogP contribution is -2.11. The minimum Gasteiger partial charge on any atom is -0.492 e. The molecule has 152 valence electrons. The number of hydrogen-bond acceptors (Lipinski definition) is 8. The topological polar surface area (TPSA) is 84.8 Å². The molecule has 0 radical (unpaired) electrons. The predicted octanol–water partition coefficient (Wildman–Crippen LogP) is 3.28. The number of hydrogen-bond donors (Lipinski definition) is 0. The summed E-state index contributed by atoms with van der Waals surface area (Å²) in [4.78, 5) is 10.4. The molecule has 0 saturated heterocycles. The molecule has 0 aliphatic heterocycles. The van der Waals surface area contributed by atoms with Gasteiger partial charge in [0, 0.05) is 18.2 Å². The monoisotopic (exact) mass is 383 g/mol. The van der Waals surface area contributed by atoms with E-state index in [1.165, 1.54) is 14.2 Å². The summed E-state index contributed by atoms with van der Waals surface area (Å²) in [6.07, 6.45) is 2.32. The van der Waals surface area contributed by atoms with Crippen molar-refractivity contribution in [3.63, 3.8) is 0 Å². The van der Waals surface area contributed by atoms with Gasteiger partial charge < -0.3 is 28.4 Å². The highest BCUT2D eigenvalue weighted by Crippen LogP contribution is 2.49. The van der Waals surface area contributed by atoms with Crippen LogP contribution in [0.2, 0.25) is 0 Å². The molecule has 0 aliphatic rings. The van der Waals surface area contributed by atoms with Crippen molar-refractivity contribution in [3.05, 3.63) is 27.7 Å². The maximum absolute atomic E-state index is 10.4. The molecular weight excluding hydrogens is 354 g/mol. The Hall–Kier alpha value is -2.32. The summed E-state index contributed by atoms with van der Waals surface area (Å²) in [7, 11) is 6.25. The lowest BCUT2D eigenvalue weighted by Gasteiger charge is -2.22.